The van der Waals surface area contributed by atoms with E-state index in [0.29, 0.717) is 37.7 Å². The Kier molecular flexibility index (Phi) is 8.95. The number of fused-ring (bicyclic) bond motifs is 1. The molecule has 3 aromatic rings. The van der Waals surface area contributed by atoms with Gasteiger partial charge in [-0.1, -0.05) is 18.7 Å². The van der Waals surface area contributed by atoms with Gasteiger partial charge in [-0.15, -0.1) is 0 Å². The van der Waals surface area contributed by atoms with Crippen molar-refractivity contribution in [2.75, 3.05) is 33.1 Å². The third-order valence-electron chi connectivity index (χ3n) is 5.77. The SMILES string of the molecule is CCOC(=O)CC1CN=C(c2cc3cc(Oc4ccc(S(C)(=O)=O)cn4)cc(OC(CC)COC)c3[nH]2)S1. The number of aliphatic imine (C=N–C) groups is 1. The van der Waals surface area contributed by atoms with Crippen molar-refractivity contribution >= 4 is 43.5 Å². The van der Waals surface area contributed by atoms with Crippen LogP contribution in [0.25, 0.3) is 10.9 Å². The number of benzene rings is 1. The number of methoxy groups -OCH3 is 1. The van der Waals surface area contributed by atoms with E-state index < -0.39 is 9.84 Å². The van der Waals surface area contributed by atoms with E-state index in [-0.39, 0.29) is 28.1 Å². The van der Waals surface area contributed by atoms with E-state index in [2.05, 4.69) is 15.0 Å². The maximum Gasteiger partial charge on any atom is 0.306 e. The summed E-state index contributed by atoms with van der Waals surface area (Å²) in [5, 5.41) is 1.67. The second kappa shape index (κ2) is 12.2. The van der Waals surface area contributed by atoms with Crippen LogP contribution in [0.1, 0.15) is 32.4 Å². The van der Waals surface area contributed by atoms with Crippen molar-refractivity contribution in [3.63, 3.8) is 0 Å². The number of ether oxygens (including phenoxy) is 4. The Labute approximate surface area is 226 Å². The number of sulfone groups is 1. The van der Waals surface area contributed by atoms with Crippen molar-refractivity contribution in [3.8, 4) is 17.4 Å². The van der Waals surface area contributed by atoms with E-state index in [1.54, 1.807) is 31.9 Å². The fourth-order valence-corrected chi connectivity index (χ4v) is 5.53. The number of carbonyl (C=O) groups excluding carboxylic acids is 1. The number of rotatable bonds is 12. The van der Waals surface area contributed by atoms with Crippen molar-refractivity contribution in [1.82, 2.24) is 9.97 Å². The number of carbonyl (C=O) groups is 1. The van der Waals surface area contributed by atoms with E-state index in [9.17, 15) is 13.2 Å². The largest absolute Gasteiger partial charge is 0.486 e. The lowest BCUT2D eigenvalue weighted by atomic mass is 10.2. The first kappa shape index (κ1) is 27.9. The molecule has 0 radical (unpaired) electrons. The predicted octanol–water partition coefficient (Wildman–Crippen LogP) is 4.38. The topological polar surface area (TPSA) is 129 Å². The molecule has 0 aliphatic carbocycles. The molecule has 1 aliphatic rings. The third kappa shape index (κ3) is 6.86. The van der Waals surface area contributed by atoms with Gasteiger partial charge < -0.3 is 23.9 Å². The number of hydrogen-bond donors (Lipinski definition) is 1. The first-order valence-corrected chi connectivity index (χ1v) is 15.0. The lowest BCUT2D eigenvalue weighted by molar-refractivity contribution is -0.143. The summed E-state index contributed by atoms with van der Waals surface area (Å²) >= 11 is 1.54. The van der Waals surface area contributed by atoms with Gasteiger partial charge in [-0.05, 0) is 31.5 Å². The molecule has 2 unspecified atom stereocenters. The summed E-state index contributed by atoms with van der Waals surface area (Å²) in [5.74, 6) is 1.08. The van der Waals surface area contributed by atoms with Crippen LogP contribution in [-0.4, -0.2) is 73.9 Å². The molecule has 10 nitrogen and oxygen atoms in total. The Balaban J connectivity index is 1.62. The highest BCUT2D eigenvalue weighted by atomic mass is 32.2. The number of thioether (sulfide) groups is 1. The summed E-state index contributed by atoms with van der Waals surface area (Å²) in [5.41, 5.74) is 1.59. The average Bonchev–Trinajstić information content (AvgIpc) is 3.51. The molecule has 4 rings (SSSR count). The van der Waals surface area contributed by atoms with Crippen LogP contribution >= 0.6 is 11.8 Å². The molecule has 0 saturated carbocycles. The van der Waals surface area contributed by atoms with Crippen LogP contribution in [0.3, 0.4) is 0 Å². The Hall–Kier alpha value is -3.09. The second-order valence-electron chi connectivity index (χ2n) is 8.77. The van der Waals surface area contributed by atoms with E-state index in [1.165, 1.54) is 18.3 Å². The summed E-state index contributed by atoms with van der Waals surface area (Å²) in [7, 11) is -1.74. The molecule has 204 valence electrons. The molecule has 0 fully saturated rings. The summed E-state index contributed by atoms with van der Waals surface area (Å²) < 4.78 is 46.1. The minimum absolute atomic E-state index is 0.0252. The van der Waals surface area contributed by atoms with Gasteiger partial charge in [-0.25, -0.2) is 13.4 Å². The second-order valence-corrected chi connectivity index (χ2v) is 12.1. The Morgan fingerprint density at radius 2 is 2.05 bits per heavy atom. The summed E-state index contributed by atoms with van der Waals surface area (Å²) in [6.45, 7) is 5.12. The lowest BCUT2D eigenvalue weighted by Crippen LogP contribution is -2.21. The summed E-state index contributed by atoms with van der Waals surface area (Å²) in [4.78, 5) is 24.2. The van der Waals surface area contributed by atoms with Gasteiger partial charge in [0.05, 0.1) is 42.3 Å². The van der Waals surface area contributed by atoms with Crippen LogP contribution < -0.4 is 9.47 Å². The fraction of sp³-hybridized carbons (Fsp3) is 0.423. The number of nitrogens with one attached hydrogen (secondary N) is 1. The van der Waals surface area contributed by atoms with Gasteiger partial charge in [0.1, 0.15) is 22.6 Å². The number of esters is 1. The highest BCUT2D eigenvalue weighted by Crippen LogP contribution is 2.36. The minimum Gasteiger partial charge on any atom is -0.486 e. The van der Waals surface area contributed by atoms with Gasteiger partial charge in [0, 0.05) is 42.3 Å². The van der Waals surface area contributed by atoms with Crippen molar-refractivity contribution < 1.29 is 32.2 Å². The quantitative estimate of drug-likeness (QED) is 0.320. The average molecular weight is 562 g/mol. The maximum absolute atomic E-state index is 11.9. The van der Waals surface area contributed by atoms with Crippen molar-refractivity contribution in [2.45, 2.75) is 42.9 Å². The van der Waals surface area contributed by atoms with Gasteiger partial charge in [0.2, 0.25) is 5.88 Å². The molecular weight excluding hydrogens is 530 g/mol. The van der Waals surface area contributed by atoms with Crippen molar-refractivity contribution in [2.24, 2.45) is 4.99 Å². The van der Waals surface area contributed by atoms with Gasteiger partial charge in [0.25, 0.3) is 0 Å². The molecule has 1 N–H and O–H groups in total. The molecule has 0 bridgehead atoms. The zero-order valence-corrected chi connectivity index (χ0v) is 23.4. The van der Waals surface area contributed by atoms with Crippen LogP contribution in [0.2, 0.25) is 0 Å². The van der Waals surface area contributed by atoms with Crippen LogP contribution in [0.5, 0.6) is 17.4 Å². The van der Waals surface area contributed by atoms with Crippen LogP contribution in [-0.2, 0) is 24.1 Å². The predicted molar refractivity (Wildman–Crippen MR) is 146 cm³/mol. The third-order valence-corrected chi connectivity index (χ3v) is 8.09. The lowest BCUT2D eigenvalue weighted by Gasteiger charge is -2.18. The molecule has 1 aliphatic heterocycles. The molecule has 1 aromatic carbocycles. The molecule has 2 atom stereocenters. The van der Waals surface area contributed by atoms with Crippen LogP contribution in [0.4, 0.5) is 0 Å². The highest BCUT2D eigenvalue weighted by molar-refractivity contribution is 8.15. The number of pyridine rings is 1. The first-order valence-electron chi connectivity index (χ1n) is 12.2. The minimum atomic E-state index is -3.36. The number of hydrogen-bond acceptors (Lipinski definition) is 10. The summed E-state index contributed by atoms with van der Waals surface area (Å²) in [6, 6.07) is 8.54. The molecule has 0 amide bonds. The zero-order chi connectivity index (χ0) is 27.3. The molecule has 3 heterocycles. The van der Waals surface area contributed by atoms with Crippen LogP contribution in [0.15, 0.2) is 46.4 Å². The monoisotopic (exact) mass is 561 g/mol. The Bertz CT molecular complexity index is 1420. The Morgan fingerprint density at radius 3 is 2.71 bits per heavy atom. The van der Waals surface area contributed by atoms with Crippen molar-refractivity contribution in [3.05, 3.63) is 42.2 Å². The van der Waals surface area contributed by atoms with E-state index in [1.807, 2.05) is 19.1 Å². The van der Waals surface area contributed by atoms with Gasteiger partial charge in [-0.2, -0.15) is 0 Å². The maximum atomic E-state index is 11.9. The molecule has 2 aromatic heterocycles. The molecular formula is C26H31N3O7S2. The molecule has 38 heavy (non-hydrogen) atoms. The molecule has 0 saturated heterocycles. The van der Waals surface area contributed by atoms with Gasteiger partial charge in [-0.3, -0.25) is 9.79 Å². The van der Waals surface area contributed by atoms with E-state index in [0.717, 1.165) is 34.3 Å². The number of nitrogens with zero attached hydrogens (tertiary/aromatic N) is 2. The standard InChI is InChI=1S/C26H31N3O7S2/c1-5-17(15-33-3)35-22-11-18(36-23-8-7-20(14-27-23)38(4,31)32)9-16-10-21(29-25(16)22)26-28-13-19(37-26)12-24(30)34-6-2/h7-11,14,17,19,29H,5-6,12-13,15H2,1-4H3. The number of H-pyrrole nitrogens is 1. The van der Waals surface area contributed by atoms with Gasteiger partial charge in [0.15, 0.2) is 9.84 Å². The highest BCUT2D eigenvalue weighted by Gasteiger charge is 2.25. The number of aromatic nitrogens is 2. The number of aromatic amines is 1. The van der Waals surface area contributed by atoms with E-state index >= 15 is 0 Å². The molecule has 0 spiro atoms. The summed E-state index contributed by atoms with van der Waals surface area (Å²) in [6.07, 6.45) is 3.26. The van der Waals surface area contributed by atoms with Gasteiger partial charge >= 0.3 is 5.97 Å². The van der Waals surface area contributed by atoms with E-state index in [4.69, 9.17) is 18.9 Å². The first-order chi connectivity index (χ1) is 18.2. The fourth-order valence-electron chi connectivity index (χ4n) is 3.90. The van der Waals surface area contributed by atoms with Crippen molar-refractivity contribution in [1.29, 1.82) is 0 Å². The van der Waals surface area contributed by atoms with Crippen LogP contribution in [0, 0.1) is 0 Å². The Morgan fingerprint density at radius 1 is 1.24 bits per heavy atom. The zero-order valence-electron chi connectivity index (χ0n) is 21.7. The smallest absolute Gasteiger partial charge is 0.306 e. The normalized spacial score (nSPS) is 16.3. The molecule has 12 heteroatoms.